The number of unbranched alkanes of at least 4 members (excludes halogenated alkanes) is 1. The van der Waals surface area contributed by atoms with Crippen LogP contribution in [0.25, 0.3) is 6.08 Å². The zero-order valence-corrected chi connectivity index (χ0v) is 23.1. The molecule has 0 unspecified atom stereocenters. The summed E-state index contributed by atoms with van der Waals surface area (Å²) in [5.74, 6) is -0.0123. The molecular weight excluding hydrogens is 605 g/mol. The lowest BCUT2D eigenvalue weighted by molar-refractivity contribution is -0.146. The van der Waals surface area contributed by atoms with Crippen LogP contribution in [0.4, 0.5) is 4.79 Å². The summed E-state index contributed by atoms with van der Waals surface area (Å²) < 4.78 is 17.7. The predicted octanol–water partition coefficient (Wildman–Crippen LogP) is 6.30. The number of esters is 1. The van der Waals surface area contributed by atoms with Gasteiger partial charge in [-0.05, 0) is 89.2 Å². The smallest absolute Gasteiger partial charge is 0.326 e. The third-order valence-corrected chi connectivity index (χ3v) is 6.81. The summed E-state index contributed by atoms with van der Waals surface area (Å²) in [7, 11) is 0. The van der Waals surface area contributed by atoms with Crippen molar-refractivity contribution in [1.29, 1.82) is 0 Å². The van der Waals surface area contributed by atoms with Gasteiger partial charge in [-0.2, -0.15) is 0 Å². The molecule has 10 heteroatoms. The Kier molecular flexibility index (Phi) is 10.3. The van der Waals surface area contributed by atoms with Gasteiger partial charge in [-0.15, -0.1) is 0 Å². The summed E-state index contributed by atoms with van der Waals surface area (Å²) in [5.41, 5.74) is 1.63. The number of thioether (sulfide) groups is 1. The fourth-order valence-corrected chi connectivity index (χ4v) is 4.85. The quantitative estimate of drug-likeness (QED) is 0.125. The highest BCUT2D eigenvalue weighted by Crippen LogP contribution is 2.38. The predicted molar refractivity (Wildman–Crippen MR) is 145 cm³/mol. The topological polar surface area (TPSA) is 82.1 Å². The lowest BCUT2D eigenvalue weighted by Gasteiger charge is -2.15. The molecular formula is C25H25ClINO6S. The first-order valence-corrected chi connectivity index (χ1v) is 13.3. The van der Waals surface area contributed by atoms with Crippen LogP contribution >= 0.6 is 46.0 Å². The second kappa shape index (κ2) is 13.2. The number of hydrogen-bond acceptors (Lipinski definition) is 7. The highest BCUT2D eigenvalue weighted by atomic mass is 127. The van der Waals surface area contributed by atoms with E-state index < -0.39 is 23.7 Å². The zero-order valence-electron chi connectivity index (χ0n) is 19.3. The van der Waals surface area contributed by atoms with E-state index in [0.717, 1.165) is 38.6 Å². The molecule has 7 nitrogen and oxygen atoms in total. The van der Waals surface area contributed by atoms with Crippen LogP contribution in [0.2, 0.25) is 5.02 Å². The van der Waals surface area contributed by atoms with Gasteiger partial charge in [0.05, 0.1) is 21.7 Å². The van der Waals surface area contributed by atoms with Crippen LogP contribution in [0.5, 0.6) is 11.5 Å². The van der Waals surface area contributed by atoms with Gasteiger partial charge >= 0.3 is 5.97 Å². The number of imide groups is 1. The van der Waals surface area contributed by atoms with Gasteiger partial charge in [0.15, 0.2) is 11.5 Å². The maximum atomic E-state index is 12.8. The van der Waals surface area contributed by atoms with Gasteiger partial charge in [0.2, 0.25) is 0 Å². The van der Waals surface area contributed by atoms with Crippen LogP contribution in [0, 0.1) is 3.57 Å². The molecule has 35 heavy (non-hydrogen) atoms. The van der Waals surface area contributed by atoms with E-state index in [-0.39, 0.29) is 11.5 Å². The lowest BCUT2D eigenvalue weighted by atomic mass is 10.1. The highest BCUT2D eigenvalue weighted by Gasteiger charge is 2.36. The number of ether oxygens (including phenoxy) is 3. The van der Waals surface area contributed by atoms with E-state index in [1.54, 1.807) is 24.3 Å². The highest BCUT2D eigenvalue weighted by molar-refractivity contribution is 14.1. The Hall–Kier alpha value is -2.24. The van der Waals surface area contributed by atoms with E-state index in [2.05, 4.69) is 22.6 Å². The molecule has 2 aromatic carbocycles. The number of nitrogens with zero attached hydrogens (tertiary/aromatic N) is 1. The fourth-order valence-electron chi connectivity index (χ4n) is 3.10. The Morgan fingerprint density at radius 3 is 2.57 bits per heavy atom. The summed E-state index contributed by atoms with van der Waals surface area (Å²) in [6.45, 7) is 4.48. The Morgan fingerprint density at radius 2 is 1.89 bits per heavy atom. The molecule has 1 aliphatic heterocycles. The number of amides is 2. The molecule has 1 fully saturated rings. The average molecular weight is 630 g/mol. The van der Waals surface area contributed by atoms with Crippen LogP contribution < -0.4 is 9.47 Å². The van der Waals surface area contributed by atoms with Crippen molar-refractivity contribution in [2.24, 2.45) is 0 Å². The third-order valence-electron chi connectivity index (χ3n) is 4.85. The number of hydrogen-bond donors (Lipinski definition) is 0. The Labute approximate surface area is 227 Å². The SMILES string of the molecule is CCCCOC(=O)CN1C(=O)S/C(=C/c2cc(I)c(OCc3ccc(Cl)cc3)c(OCC)c2)C1=O. The minimum Gasteiger partial charge on any atom is -0.490 e. The molecule has 0 atom stereocenters. The first-order chi connectivity index (χ1) is 16.8. The van der Waals surface area contributed by atoms with Crippen molar-refractivity contribution in [1.82, 2.24) is 4.90 Å². The number of carbonyl (C=O) groups is 3. The van der Waals surface area contributed by atoms with Crippen molar-refractivity contribution in [3.8, 4) is 11.5 Å². The maximum Gasteiger partial charge on any atom is 0.326 e. The van der Waals surface area contributed by atoms with Gasteiger partial charge in [-0.3, -0.25) is 19.3 Å². The van der Waals surface area contributed by atoms with Crippen LogP contribution in [0.15, 0.2) is 41.3 Å². The Morgan fingerprint density at radius 1 is 1.14 bits per heavy atom. The average Bonchev–Trinajstić information content (AvgIpc) is 3.07. The molecule has 1 heterocycles. The van der Waals surface area contributed by atoms with Crippen LogP contribution in [0.1, 0.15) is 37.8 Å². The molecule has 0 bridgehead atoms. The number of halogens is 2. The van der Waals surface area contributed by atoms with Gasteiger partial charge in [-0.1, -0.05) is 37.1 Å². The summed E-state index contributed by atoms with van der Waals surface area (Å²) in [4.78, 5) is 38.2. The van der Waals surface area contributed by atoms with Gasteiger partial charge in [-0.25, -0.2) is 0 Å². The summed E-state index contributed by atoms with van der Waals surface area (Å²) in [6, 6.07) is 11.0. The Bertz CT molecular complexity index is 1120. The molecule has 2 amide bonds. The third kappa shape index (κ3) is 7.62. The standard InChI is InChI=1S/C25H25ClINO6S/c1-3-5-10-33-22(29)14-28-24(30)21(35-25(28)31)13-17-11-19(27)23(20(12-17)32-4-2)34-15-16-6-8-18(26)9-7-16/h6-9,11-13H,3-5,10,14-15H2,1-2H3/b21-13+. The summed E-state index contributed by atoms with van der Waals surface area (Å²) in [6.07, 6.45) is 3.22. The van der Waals surface area contributed by atoms with E-state index in [1.165, 1.54) is 0 Å². The van der Waals surface area contributed by atoms with Gasteiger partial charge < -0.3 is 14.2 Å². The second-order valence-electron chi connectivity index (χ2n) is 7.52. The minimum absolute atomic E-state index is 0.226. The van der Waals surface area contributed by atoms with Gasteiger partial charge in [0.1, 0.15) is 13.2 Å². The van der Waals surface area contributed by atoms with Crippen molar-refractivity contribution in [3.05, 3.63) is 61.0 Å². The molecule has 0 aliphatic carbocycles. The molecule has 1 aliphatic rings. The monoisotopic (exact) mass is 629 g/mol. The molecule has 186 valence electrons. The Balaban J connectivity index is 1.75. The van der Waals surface area contributed by atoms with Crippen LogP contribution in [0.3, 0.4) is 0 Å². The fraction of sp³-hybridized carbons (Fsp3) is 0.320. The normalized spacial score (nSPS) is 14.5. The first-order valence-electron chi connectivity index (χ1n) is 11.1. The van der Waals surface area contributed by atoms with E-state index >= 15 is 0 Å². The molecule has 1 saturated heterocycles. The first kappa shape index (κ1) is 27.3. The molecule has 0 aromatic heterocycles. The van der Waals surface area contributed by atoms with E-state index in [0.29, 0.717) is 35.3 Å². The number of benzene rings is 2. The summed E-state index contributed by atoms with van der Waals surface area (Å²) >= 11 is 8.88. The van der Waals surface area contributed by atoms with Crippen molar-refractivity contribution >= 4 is 69.1 Å². The van der Waals surface area contributed by atoms with Crippen molar-refractivity contribution in [3.63, 3.8) is 0 Å². The minimum atomic E-state index is -0.600. The maximum absolute atomic E-state index is 12.8. The van der Waals surface area contributed by atoms with Crippen LogP contribution in [-0.2, 0) is 20.9 Å². The summed E-state index contributed by atoms with van der Waals surface area (Å²) in [5, 5.41) is 0.150. The van der Waals surface area contributed by atoms with E-state index in [4.69, 9.17) is 25.8 Å². The van der Waals surface area contributed by atoms with Crippen LogP contribution in [-0.4, -0.2) is 41.8 Å². The van der Waals surface area contributed by atoms with Gasteiger partial charge in [0.25, 0.3) is 11.1 Å². The molecule has 0 saturated carbocycles. The molecule has 2 aromatic rings. The number of rotatable bonds is 11. The van der Waals surface area contributed by atoms with Crippen molar-refractivity contribution < 1.29 is 28.6 Å². The second-order valence-corrected chi connectivity index (χ2v) is 10.1. The van der Waals surface area contributed by atoms with E-state index in [9.17, 15) is 14.4 Å². The van der Waals surface area contributed by atoms with Crippen molar-refractivity contribution in [2.45, 2.75) is 33.3 Å². The number of carbonyl (C=O) groups excluding carboxylic acids is 3. The largest absolute Gasteiger partial charge is 0.490 e. The van der Waals surface area contributed by atoms with E-state index in [1.807, 2.05) is 32.0 Å². The van der Waals surface area contributed by atoms with Gasteiger partial charge in [0, 0.05) is 5.02 Å². The lowest BCUT2D eigenvalue weighted by Crippen LogP contribution is -2.34. The molecule has 3 rings (SSSR count). The molecule has 0 radical (unpaired) electrons. The molecule has 0 spiro atoms. The molecule has 0 N–H and O–H groups in total. The zero-order chi connectivity index (χ0) is 25.4. The van der Waals surface area contributed by atoms with Crippen molar-refractivity contribution in [2.75, 3.05) is 19.8 Å².